The van der Waals surface area contributed by atoms with Crippen molar-refractivity contribution in [3.05, 3.63) is 23.4 Å². The van der Waals surface area contributed by atoms with Crippen molar-refractivity contribution in [1.29, 1.82) is 0 Å². The van der Waals surface area contributed by atoms with E-state index in [4.69, 9.17) is 18.0 Å². The van der Waals surface area contributed by atoms with Gasteiger partial charge >= 0.3 is 0 Å². The minimum Gasteiger partial charge on any atom is -0.294 e. The second-order valence-corrected chi connectivity index (χ2v) is 3.79. The van der Waals surface area contributed by atoms with Gasteiger partial charge in [0.1, 0.15) is 0 Å². The lowest BCUT2D eigenvalue weighted by Gasteiger charge is -2.15. The van der Waals surface area contributed by atoms with Crippen molar-refractivity contribution in [2.24, 2.45) is 5.92 Å². The molecule has 0 aliphatic carbocycles. The van der Waals surface area contributed by atoms with E-state index in [-0.39, 0.29) is 11.8 Å². The van der Waals surface area contributed by atoms with Gasteiger partial charge < -0.3 is 0 Å². The number of amides is 1. The standard InChI is InChI=1S/C11H9ClN2O/c1-2-8-6-10(15)14(7-8)11-9(12)4-3-5-13-11/h1,3-5,8H,6-7H2. The summed E-state index contributed by atoms with van der Waals surface area (Å²) in [6, 6.07) is 3.44. The molecule has 76 valence electrons. The number of pyridine rings is 1. The Hall–Kier alpha value is -1.53. The monoisotopic (exact) mass is 220 g/mol. The first-order valence-corrected chi connectivity index (χ1v) is 4.97. The highest BCUT2D eigenvalue weighted by atomic mass is 35.5. The number of carbonyl (C=O) groups is 1. The van der Waals surface area contributed by atoms with Crippen molar-refractivity contribution in [1.82, 2.24) is 4.98 Å². The molecule has 15 heavy (non-hydrogen) atoms. The molecule has 1 aromatic heterocycles. The molecule has 1 aromatic rings. The molecule has 1 fully saturated rings. The van der Waals surface area contributed by atoms with E-state index < -0.39 is 0 Å². The molecule has 1 atom stereocenters. The minimum atomic E-state index is -0.0319. The Kier molecular flexibility index (Phi) is 2.61. The van der Waals surface area contributed by atoms with E-state index >= 15 is 0 Å². The molecule has 0 aromatic carbocycles. The molecule has 4 heteroatoms. The van der Waals surface area contributed by atoms with E-state index in [1.165, 1.54) is 0 Å². The van der Waals surface area contributed by atoms with E-state index in [9.17, 15) is 4.79 Å². The Morgan fingerprint density at radius 2 is 2.47 bits per heavy atom. The molecule has 2 heterocycles. The maximum atomic E-state index is 11.6. The lowest BCUT2D eigenvalue weighted by atomic mass is 10.1. The predicted molar refractivity (Wildman–Crippen MR) is 58.5 cm³/mol. The van der Waals surface area contributed by atoms with Gasteiger partial charge in [0.05, 0.1) is 5.02 Å². The topological polar surface area (TPSA) is 33.2 Å². The largest absolute Gasteiger partial charge is 0.294 e. The highest BCUT2D eigenvalue weighted by molar-refractivity contribution is 6.33. The maximum Gasteiger partial charge on any atom is 0.229 e. The molecule has 0 N–H and O–H groups in total. The molecule has 1 saturated heterocycles. The van der Waals surface area contributed by atoms with E-state index in [0.29, 0.717) is 23.8 Å². The molecule has 0 saturated carbocycles. The van der Waals surface area contributed by atoms with Gasteiger partial charge in [-0.15, -0.1) is 12.3 Å². The molecular weight excluding hydrogens is 212 g/mol. The lowest BCUT2D eigenvalue weighted by Crippen LogP contribution is -2.25. The first-order valence-electron chi connectivity index (χ1n) is 4.59. The van der Waals surface area contributed by atoms with E-state index in [2.05, 4.69) is 10.9 Å². The fraction of sp³-hybridized carbons (Fsp3) is 0.273. The van der Waals surface area contributed by atoms with Gasteiger partial charge in [-0.1, -0.05) is 11.6 Å². The Balaban J connectivity index is 2.30. The third-order valence-corrected chi connectivity index (χ3v) is 2.65. The van der Waals surface area contributed by atoms with Gasteiger partial charge in [0, 0.05) is 25.1 Å². The number of hydrogen-bond donors (Lipinski definition) is 0. The zero-order valence-electron chi connectivity index (χ0n) is 7.98. The van der Waals surface area contributed by atoms with E-state index in [1.54, 1.807) is 23.2 Å². The van der Waals surface area contributed by atoms with Gasteiger partial charge in [0.2, 0.25) is 5.91 Å². The van der Waals surface area contributed by atoms with Crippen LogP contribution < -0.4 is 4.90 Å². The number of aromatic nitrogens is 1. The number of anilines is 1. The van der Waals surface area contributed by atoms with Crippen LogP contribution in [0, 0.1) is 18.3 Å². The fourth-order valence-corrected chi connectivity index (χ4v) is 1.82. The van der Waals surface area contributed by atoms with E-state index in [0.717, 1.165) is 0 Å². The molecule has 0 radical (unpaired) electrons. The Morgan fingerprint density at radius 1 is 1.67 bits per heavy atom. The average Bonchev–Trinajstić information content (AvgIpc) is 2.60. The molecule has 1 amide bonds. The Bertz CT molecular complexity index is 438. The molecule has 0 bridgehead atoms. The van der Waals surface area contributed by atoms with Crippen molar-refractivity contribution in [3.8, 4) is 12.3 Å². The number of hydrogen-bond acceptors (Lipinski definition) is 2. The van der Waals surface area contributed by atoms with Crippen LogP contribution in [0.2, 0.25) is 5.02 Å². The van der Waals surface area contributed by atoms with Crippen LogP contribution in [0.4, 0.5) is 5.82 Å². The van der Waals surface area contributed by atoms with Gasteiger partial charge in [-0.2, -0.15) is 0 Å². The summed E-state index contributed by atoms with van der Waals surface area (Å²) in [4.78, 5) is 17.3. The van der Waals surface area contributed by atoms with Crippen LogP contribution in [0.15, 0.2) is 18.3 Å². The van der Waals surface area contributed by atoms with Gasteiger partial charge in [-0.3, -0.25) is 9.69 Å². The molecule has 1 unspecified atom stereocenters. The SMILES string of the molecule is C#CC1CC(=O)N(c2ncccc2Cl)C1. The number of terminal acetylenes is 1. The average molecular weight is 221 g/mol. The summed E-state index contributed by atoms with van der Waals surface area (Å²) < 4.78 is 0. The molecular formula is C11H9ClN2O. The van der Waals surface area contributed by atoms with Crippen molar-refractivity contribution >= 4 is 23.3 Å². The Labute approximate surface area is 93.1 Å². The molecule has 1 aliphatic heterocycles. The van der Waals surface area contributed by atoms with Crippen LogP contribution in [0.5, 0.6) is 0 Å². The zero-order chi connectivity index (χ0) is 10.8. The van der Waals surface area contributed by atoms with Crippen molar-refractivity contribution < 1.29 is 4.79 Å². The minimum absolute atomic E-state index is 0.0152. The highest BCUT2D eigenvalue weighted by Crippen LogP contribution is 2.28. The van der Waals surface area contributed by atoms with Crippen LogP contribution >= 0.6 is 11.6 Å². The van der Waals surface area contributed by atoms with Crippen molar-refractivity contribution in [2.45, 2.75) is 6.42 Å². The van der Waals surface area contributed by atoms with Crippen LogP contribution in [-0.4, -0.2) is 17.4 Å². The number of rotatable bonds is 1. The third kappa shape index (κ3) is 1.81. The second kappa shape index (κ2) is 3.92. The Morgan fingerprint density at radius 3 is 3.07 bits per heavy atom. The van der Waals surface area contributed by atoms with Gasteiger partial charge in [0.25, 0.3) is 0 Å². The summed E-state index contributed by atoms with van der Waals surface area (Å²) in [7, 11) is 0. The first-order chi connectivity index (χ1) is 7.22. The van der Waals surface area contributed by atoms with Gasteiger partial charge in [-0.05, 0) is 12.1 Å². The van der Waals surface area contributed by atoms with Crippen LogP contribution in [0.3, 0.4) is 0 Å². The predicted octanol–water partition coefficient (Wildman–Crippen LogP) is 1.72. The van der Waals surface area contributed by atoms with E-state index in [1.807, 2.05) is 0 Å². The molecule has 2 rings (SSSR count). The van der Waals surface area contributed by atoms with Crippen molar-refractivity contribution in [2.75, 3.05) is 11.4 Å². The van der Waals surface area contributed by atoms with Crippen LogP contribution in [-0.2, 0) is 4.79 Å². The normalized spacial score (nSPS) is 20.4. The summed E-state index contributed by atoms with van der Waals surface area (Å²) in [5.41, 5.74) is 0. The number of carbonyl (C=O) groups excluding carboxylic acids is 1. The number of halogens is 1. The summed E-state index contributed by atoms with van der Waals surface area (Å²) in [6.07, 6.45) is 7.28. The first kappa shape index (κ1) is 10.0. The zero-order valence-corrected chi connectivity index (χ0v) is 8.74. The summed E-state index contributed by atoms with van der Waals surface area (Å²) in [5.74, 6) is 3.03. The van der Waals surface area contributed by atoms with Gasteiger partial charge in [0.15, 0.2) is 5.82 Å². The molecule has 1 aliphatic rings. The molecule has 3 nitrogen and oxygen atoms in total. The van der Waals surface area contributed by atoms with Crippen LogP contribution in [0.1, 0.15) is 6.42 Å². The van der Waals surface area contributed by atoms with Crippen molar-refractivity contribution in [3.63, 3.8) is 0 Å². The number of nitrogens with zero attached hydrogens (tertiary/aromatic N) is 2. The van der Waals surface area contributed by atoms with Crippen LogP contribution in [0.25, 0.3) is 0 Å². The third-order valence-electron chi connectivity index (χ3n) is 2.36. The van der Waals surface area contributed by atoms with Gasteiger partial charge in [-0.25, -0.2) is 4.98 Å². The maximum absolute atomic E-state index is 11.6. The molecule has 0 spiro atoms. The smallest absolute Gasteiger partial charge is 0.229 e. The second-order valence-electron chi connectivity index (χ2n) is 3.38. The summed E-state index contributed by atoms with van der Waals surface area (Å²) >= 11 is 5.95. The lowest BCUT2D eigenvalue weighted by molar-refractivity contribution is -0.117. The summed E-state index contributed by atoms with van der Waals surface area (Å²) in [6.45, 7) is 0.506. The quantitative estimate of drug-likeness (QED) is 0.676. The summed E-state index contributed by atoms with van der Waals surface area (Å²) in [5, 5.41) is 0.475. The fourth-order valence-electron chi connectivity index (χ4n) is 1.60. The highest BCUT2D eigenvalue weighted by Gasteiger charge is 2.31.